The van der Waals surface area contributed by atoms with E-state index in [9.17, 15) is 65.1 Å². The van der Waals surface area contributed by atoms with Crippen LogP contribution in [0.5, 0.6) is 0 Å². The first kappa shape index (κ1) is 99.5. The van der Waals surface area contributed by atoms with Gasteiger partial charge in [0.05, 0.1) is 11.0 Å². The second kappa shape index (κ2) is 38.8. The second-order valence-corrected chi connectivity index (χ2v) is 34.2. The maximum Gasteiger partial charge on any atom is 0.380 e. The van der Waals surface area contributed by atoms with Crippen molar-refractivity contribution < 1.29 is 135 Å². The minimum atomic E-state index is -5.17. The smallest absolute Gasteiger partial charge is 0.380 e. The number of allylic oxidation sites excluding steroid dienone is 5. The highest BCUT2D eigenvalue weighted by Gasteiger charge is 2.70. The van der Waals surface area contributed by atoms with Gasteiger partial charge in [-0.3, -0.25) is 4.79 Å². The fourth-order valence-electron chi connectivity index (χ4n) is 13.2. The summed E-state index contributed by atoms with van der Waals surface area (Å²) in [4.78, 5) is 11.1. The molecule has 21 nitrogen and oxygen atoms in total. The number of fused-ring (bicyclic) bond motifs is 1. The third kappa shape index (κ3) is 25.4. The van der Waals surface area contributed by atoms with Crippen LogP contribution in [0.2, 0.25) is 0 Å². The van der Waals surface area contributed by atoms with E-state index in [2.05, 4.69) is 0 Å². The normalized spacial score (nSPS) is 31.3. The van der Waals surface area contributed by atoms with Gasteiger partial charge in [0.15, 0.2) is 69.2 Å². The number of aliphatic hydroxyl groups is 5. The number of benzene rings is 1. The summed E-state index contributed by atoms with van der Waals surface area (Å²) in [5.74, 6) is -5.32. The van der Waals surface area contributed by atoms with Gasteiger partial charge in [-0.05, 0) is 197 Å². The van der Waals surface area contributed by atoms with Crippen molar-refractivity contribution in [3.63, 3.8) is 0 Å². The molecule has 1 aromatic carbocycles. The number of halogens is 8. The zero-order valence-electron chi connectivity index (χ0n) is 69.0. The molecule has 7 aliphatic heterocycles. The average Bonchev–Trinajstić information content (AvgIpc) is 1.63. The lowest BCUT2D eigenvalue weighted by Crippen LogP contribution is -2.62. The van der Waals surface area contributed by atoms with Crippen LogP contribution in [0.4, 0.5) is 35.1 Å². The molecule has 30 heteroatoms. The minimum Gasteiger partial charge on any atom is -0.390 e. The number of ketones is 1. The SMILES string of the molecule is CCC(=O)[C@H]1OC(C)(C)O[C@H]1C=C(C)C.CC[C@@H](O)[C@H]1OC(C)(C)O[C@H]1C=C(C)C.CC[C@@](O)([C@H]1OC(C)(C)O[C@H]1C=C(C)C)C(F)(F)S(=O)(=O)c1ccccc1.CC[C@@]1(C(F)F)OC(O)[C@@H]2OC(C)(C)O[C@@H]21.CC[C@](O)(C(F)F)[C@H]1OC(C)(C)O[C@H]1C=C(C)C.CC[C@](O)(C(F)F)[C@H]1OC(C)(C)O[C@H]1C=C(C)C. The first-order chi connectivity index (χ1) is 49.6. The number of rotatable bonds is 22. The summed E-state index contributed by atoms with van der Waals surface area (Å²) in [5, 5.41) is 46.2. The standard InChI is InChI=1S/C19H26F2O5S.2C13H22F2O3.C12H22O3.C12H20O3.C10H16F2O4/c1-6-18(22,16-15(12-13(2)3)25-17(4,5)26-16)19(20,21)27(23,24)14-10-8-7-9-11-14;2*1-6-13(16,11(14)15)10-9(7-8(2)3)17-12(4,5)18-10;2*1-6-9(13)11-10(7-8(2)3)14-12(4,5)15-11;1-4-10(8(11)12)6-5(7(13)16-10)14-9(2,3)15-6/h7-12,15-16,22H,6H2,1-5H3;2*7,9-11,16H,6H2,1-5H3;7,9-11,13H,6H2,1-5H3;7,10-11H,6H2,1-5H3;5-8,13H,4H2,1-3H3/t15-,16-,18+;2*9-,10-,13+;9-,10+,11-;10-,11+;5-,6+,7?,10-/m000101/s1. The highest BCUT2D eigenvalue weighted by molar-refractivity contribution is 7.92. The van der Waals surface area contributed by atoms with Crippen molar-refractivity contribution >= 4 is 15.6 Å². The average molecular weight is 1600 g/mol. The van der Waals surface area contributed by atoms with Gasteiger partial charge in [-0.2, -0.15) is 8.78 Å². The highest BCUT2D eigenvalue weighted by atomic mass is 32.2. The Labute approximate surface area is 641 Å². The van der Waals surface area contributed by atoms with Crippen molar-refractivity contribution in [1.29, 1.82) is 0 Å². The predicted octanol–water partition coefficient (Wildman–Crippen LogP) is 15.4. The van der Waals surface area contributed by atoms with Crippen molar-refractivity contribution in [2.24, 2.45) is 0 Å². The molecule has 0 bridgehead atoms. The van der Waals surface area contributed by atoms with E-state index < -0.39 is 170 Å². The van der Waals surface area contributed by atoms with Gasteiger partial charge in [-0.25, -0.2) is 34.8 Å². The Hall–Kier alpha value is -3.74. The molecule has 0 aliphatic carbocycles. The number of ether oxygens (including phenoxy) is 13. The fourth-order valence-corrected chi connectivity index (χ4v) is 14.8. The summed E-state index contributed by atoms with van der Waals surface area (Å²) in [7, 11) is -5.17. The van der Waals surface area contributed by atoms with E-state index in [0.29, 0.717) is 12.8 Å². The quantitative estimate of drug-likeness (QED) is 0.0533. The Morgan fingerprint density at radius 1 is 0.477 bits per heavy atom. The van der Waals surface area contributed by atoms with Crippen LogP contribution in [0.15, 0.2) is 93.5 Å². The van der Waals surface area contributed by atoms with Crippen LogP contribution in [0, 0.1) is 0 Å². The fraction of sp³-hybridized carbons (Fsp3) is 0.785. The van der Waals surface area contributed by atoms with E-state index in [1.807, 2.05) is 109 Å². The van der Waals surface area contributed by atoms with Gasteiger partial charge in [0.2, 0.25) is 9.84 Å². The largest absolute Gasteiger partial charge is 0.390 e. The second-order valence-electron chi connectivity index (χ2n) is 32.2. The molecule has 1 aromatic rings. The van der Waals surface area contributed by atoms with Crippen LogP contribution in [0.25, 0.3) is 0 Å². The van der Waals surface area contributed by atoms with Crippen LogP contribution < -0.4 is 0 Å². The molecule has 8 rings (SSSR count). The molecular weight excluding hydrogens is 1470 g/mol. The van der Waals surface area contributed by atoms with Gasteiger partial charge in [0.1, 0.15) is 73.2 Å². The van der Waals surface area contributed by atoms with Crippen molar-refractivity contribution in [2.75, 3.05) is 0 Å². The van der Waals surface area contributed by atoms with Gasteiger partial charge < -0.3 is 87.1 Å². The van der Waals surface area contributed by atoms with Crippen molar-refractivity contribution in [2.45, 2.75) is 405 Å². The van der Waals surface area contributed by atoms with Gasteiger partial charge in [-0.1, -0.05) is 118 Å². The van der Waals surface area contributed by atoms with E-state index in [1.165, 1.54) is 58.4 Å². The monoisotopic (exact) mass is 1600 g/mol. The van der Waals surface area contributed by atoms with E-state index in [1.54, 1.807) is 80.5 Å². The molecule has 7 fully saturated rings. The first-order valence-corrected chi connectivity index (χ1v) is 38.7. The predicted molar refractivity (Wildman–Crippen MR) is 394 cm³/mol. The third-order valence-electron chi connectivity index (χ3n) is 18.6. The molecule has 0 amide bonds. The van der Waals surface area contributed by atoms with E-state index in [-0.39, 0.29) is 43.4 Å². The van der Waals surface area contributed by atoms with Crippen LogP contribution in [0.1, 0.15) is 232 Å². The number of alkyl halides is 8. The lowest BCUT2D eigenvalue weighted by molar-refractivity contribution is -0.267. The molecule has 632 valence electrons. The molecule has 7 saturated heterocycles. The molecule has 0 spiro atoms. The number of carbonyl (C=O) groups excluding carboxylic acids is 1. The molecule has 0 saturated carbocycles. The Morgan fingerprint density at radius 3 is 1.18 bits per heavy atom. The lowest BCUT2D eigenvalue weighted by Gasteiger charge is -2.39. The van der Waals surface area contributed by atoms with E-state index in [4.69, 9.17) is 61.6 Å². The maximum atomic E-state index is 15.4. The summed E-state index contributed by atoms with van der Waals surface area (Å²) >= 11 is 0. The Bertz CT molecular complexity index is 3260. The van der Waals surface area contributed by atoms with Crippen molar-refractivity contribution in [3.8, 4) is 0 Å². The Morgan fingerprint density at radius 2 is 0.826 bits per heavy atom. The maximum absolute atomic E-state index is 15.4. The Balaban J connectivity index is 0.000000344. The number of aliphatic hydroxyl groups excluding tert-OH is 2. The van der Waals surface area contributed by atoms with Gasteiger partial charge >= 0.3 is 5.25 Å². The summed E-state index contributed by atoms with van der Waals surface area (Å²) in [6, 6.07) is 6.35. The molecule has 0 radical (unpaired) electrons. The van der Waals surface area contributed by atoms with Crippen LogP contribution in [-0.2, 0) is 76.2 Å². The minimum absolute atomic E-state index is 0.0579. The topological polar surface area (TPSA) is 272 Å². The summed E-state index contributed by atoms with van der Waals surface area (Å²) in [6.07, 6.45) is -9.78. The molecule has 109 heavy (non-hydrogen) atoms. The van der Waals surface area contributed by atoms with Gasteiger partial charge in [0.25, 0.3) is 19.3 Å². The summed E-state index contributed by atoms with van der Waals surface area (Å²) in [6.45, 7) is 48.9. The molecule has 1 unspecified atom stereocenters. The third-order valence-corrected chi connectivity index (χ3v) is 20.5. The number of hydrogen-bond donors (Lipinski definition) is 5. The highest BCUT2D eigenvalue weighted by Crippen LogP contribution is 2.50. The van der Waals surface area contributed by atoms with Crippen LogP contribution in [0.3, 0.4) is 0 Å². The molecule has 7 aliphatic rings. The Kier molecular flexibility index (Phi) is 35.4. The van der Waals surface area contributed by atoms with E-state index >= 15 is 8.78 Å². The molecule has 18 atom stereocenters. The van der Waals surface area contributed by atoms with Crippen molar-refractivity contribution in [3.05, 3.63) is 88.6 Å². The number of sulfone groups is 1. The summed E-state index contributed by atoms with van der Waals surface area (Å²) < 4.78 is 206. The first-order valence-electron chi connectivity index (χ1n) is 37.2. The molecule has 0 aromatic heterocycles. The molecular formula is C79H128F8O21S. The van der Waals surface area contributed by atoms with Gasteiger partial charge in [0, 0.05) is 6.42 Å². The molecule has 7 heterocycles. The van der Waals surface area contributed by atoms with Crippen molar-refractivity contribution in [1.82, 2.24) is 0 Å². The number of carbonyl (C=O) groups is 1. The number of hydrogen-bond acceptors (Lipinski definition) is 21. The number of Topliss-reactive ketones (excluding diaryl/α,β-unsaturated/α-hetero) is 1. The van der Waals surface area contributed by atoms with Crippen LogP contribution >= 0.6 is 0 Å². The van der Waals surface area contributed by atoms with E-state index in [0.717, 1.165) is 34.4 Å². The zero-order valence-corrected chi connectivity index (χ0v) is 69.8. The lowest BCUT2D eigenvalue weighted by atomic mass is 9.89. The zero-order chi connectivity index (χ0) is 84.4. The van der Waals surface area contributed by atoms with Crippen LogP contribution in [-0.4, -0.2) is 207 Å². The molecule has 5 N–H and O–H groups in total. The van der Waals surface area contributed by atoms with Gasteiger partial charge in [-0.15, -0.1) is 0 Å². The summed E-state index contributed by atoms with van der Waals surface area (Å²) in [5.41, 5.74) is -4.21.